The Bertz CT molecular complexity index is 556. The summed E-state index contributed by atoms with van der Waals surface area (Å²) < 4.78 is 1.71. The number of aryl methyl sites for hydroxylation is 1. The molecule has 0 aliphatic heterocycles. The molecule has 3 rings (SSSR count). The van der Waals surface area contributed by atoms with E-state index in [4.69, 9.17) is 0 Å². The molecule has 5 heteroatoms. The van der Waals surface area contributed by atoms with Gasteiger partial charge in [0.2, 0.25) is 0 Å². The number of aldehydes is 1. The fourth-order valence-corrected chi connectivity index (χ4v) is 1.77. The number of imidazole rings is 1. The molecule has 0 amide bonds. The second-order valence-electron chi connectivity index (χ2n) is 4.10. The van der Waals surface area contributed by atoms with Crippen LogP contribution in [0.25, 0.3) is 11.2 Å². The molecule has 1 aliphatic rings. The minimum absolute atomic E-state index is 0.410. The van der Waals surface area contributed by atoms with Crippen LogP contribution in [0.4, 0.5) is 5.69 Å². The van der Waals surface area contributed by atoms with Gasteiger partial charge in [0.15, 0.2) is 17.8 Å². The highest BCUT2D eigenvalue weighted by Gasteiger charge is 2.22. The van der Waals surface area contributed by atoms with Gasteiger partial charge in [-0.3, -0.25) is 4.79 Å². The summed E-state index contributed by atoms with van der Waals surface area (Å²) in [4.78, 5) is 19.3. The van der Waals surface area contributed by atoms with Gasteiger partial charge in [-0.25, -0.2) is 9.97 Å². The number of nitrogens with one attached hydrogen (secondary N) is 1. The Labute approximate surface area is 92.5 Å². The van der Waals surface area contributed by atoms with Crippen LogP contribution < -0.4 is 5.32 Å². The predicted molar refractivity (Wildman–Crippen MR) is 60.5 cm³/mol. The molecule has 2 aromatic heterocycles. The molecule has 0 bridgehead atoms. The Morgan fingerprint density at radius 1 is 1.56 bits per heavy atom. The highest BCUT2D eigenvalue weighted by Crippen LogP contribution is 2.28. The van der Waals surface area contributed by atoms with Crippen LogP contribution in [0.15, 0.2) is 12.3 Å². The molecule has 1 N–H and O–H groups in total. The number of hydrogen-bond acceptors (Lipinski definition) is 4. The normalized spacial score (nSPS) is 15.3. The summed E-state index contributed by atoms with van der Waals surface area (Å²) in [6, 6.07) is 2.47. The van der Waals surface area contributed by atoms with E-state index < -0.39 is 0 Å². The van der Waals surface area contributed by atoms with Crippen LogP contribution in [0.2, 0.25) is 0 Å². The van der Waals surface area contributed by atoms with Crippen molar-refractivity contribution in [3.8, 4) is 0 Å². The van der Waals surface area contributed by atoms with Gasteiger partial charge >= 0.3 is 0 Å². The highest BCUT2D eigenvalue weighted by molar-refractivity contribution is 5.89. The molecule has 0 unspecified atom stereocenters. The fourth-order valence-electron chi connectivity index (χ4n) is 1.77. The average molecular weight is 216 g/mol. The lowest BCUT2D eigenvalue weighted by atomic mass is 10.3. The Balaban J connectivity index is 2.17. The third-order valence-corrected chi connectivity index (χ3v) is 2.84. The van der Waals surface area contributed by atoms with Gasteiger partial charge in [0.25, 0.3) is 0 Å². The number of nitrogens with zero attached hydrogens (tertiary/aromatic N) is 3. The SMILES string of the molecule is Cn1c(C=O)nc2c(NC3CC3)ccnc21. The molecule has 2 heterocycles. The quantitative estimate of drug-likeness (QED) is 0.787. The van der Waals surface area contributed by atoms with Gasteiger partial charge in [-0.05, 0) is 18.9 Å². The average Bonchev–Trinajstić information content (AvgIpc) is 3.04. The molecular formula is C11H12N4O. The maximum atomic E-state index is 10.8. The third kappa shape index (κ3) is 1.36. The van der Waals surface area contributed by atoms with E-state index in [-0.39, 0.29) is 0 Å². The third-order valence-electron chi connectivity index (χ3n) is 2.84. The smallest absolute Gasteiger partial charge is 0.185 e. The summed E-state index contributed by atoms with van der Waals surface area (Å²) in [5, 5.41) is 3.39. The van der Waals surface area contributed by atoms with Crippen molar-refractivity contribution in [1.29, 1.82) is 0 Å². The van der Waals surface area contributed by atoms with Gasteiger partial charge in [0, 0.05) is 19.3 Å². The lowest BCUT2D eigenvalue weighted by Gasteiger charge is -2.04. The number of anilines is 1. The molecule has 1 fully saturated rings. The number of rotatable bonds is 3. The highest BCUT2D eigenvalue weighted by atomic mass is 16.1. The minimum Gasteiger partial charge on any atom is -0.380 e. The molecule has 5 nitrogen and oxygen atoms in total. The van der Waals surface area contributed by atoms with Crippen LogP contribution in [-0.4, -0.2) is 26.9 Å². The van der Waals surface area contributed by atoms with Crippen molar-refractivity contribution >= 4 is 23.1 Å². The first kappa shape index (κ1) is 9.33. The number of carbonyl (C=O) groups is 1. The second kappa shape index (κ2) is 3.30. The monoisotopic (exact) mass is 216 g/mol. The zero-order valence-electron chi connectivity index (χ0n) is 8.97. The first-order valence-electron chi connectivity index (χ1n) is 5.33. The largest absolute Gasteiger partial charge is 0.380 e. The van der Waals surface area contributed by atoms with Crippen LogP contribution in [0.5, 0.6) is 0 Å². The zero-order chi connectivity index (χ0) is 11.1. The standard InChI is InChI=1S/C11H12N4O/c1-15-9(6-16)14-10-8(13-7-2-3-7)4-5-12-11(10)15/h4-7H,2-3H2,1H3,(H,12,13). The first-order valence-corrected chi connectivity index (χ1v) is 5.33. The molecule has 1 aliphatic carbocycles. The minimum atomic E-state index is 0.410. The van der Waals surface area contributed by atoms with Crippen LogP contribution in [0, 0.1) is 0 Å². The molecule has 0 spiro atoms. The van der Waals surface area contributed by atoms with Crippen molar-refractivity contribution in [2.24, 2.45) is 7.05 Å². The van der Waals surface area contributed by atoms with E-state index in [1.807, 2.05) is 6.07 Å². The predicted octanol–water partition coefficient (Wildman–Crippen LogP) is 1.36. The van der Waals surface area contributed by atoms with Crippen molar-refractivity contribution in [3.63, 3.8) is 0 Å². The Morgan fingerprint density at radius 3 is 3.06 bits per heavy atom. The first-order chi connectivity index (χ1) is 7.79. The lowest BCUT2D eigenvalue weighted by molar-refractivity contribution is 0.111. The van der Waals surface area contributed by atoms with Crippen molar-refractivity contribution < 1.29 is 4.79 Å². The van der Waals surface area contributed by atoms with E-state index in [0.717, 1.165) is 23.1 Å². The van der Waals surface area contributed by atoms with Crippen molar-refractivity contribution in [2.45, 2.75) is 18.9 Å². The van der Waals surface area contributed by atoms with E-state index in [2.05, 4.69) is 15.3 Å². The van der Waals surface area contributed by atoms with Crippen molar-refractivity contribution in [3.05, 3.63) is 18.1 Å². The number of fused-ring (bicyclic) bond motifs is 1. The molecule has 0 radical (unpaired) electrons. The topological polar surface area (TPSA) is 59.8 Å². The van der Waals surface area contributed by atoms with E-state index in [1.165, 1.54) is 12.8 Å². The van der Waals surface area contributed by atoms with Crippen molar-refractivity contribution in [2.75, 3.05) is 5.32 Å². The number of pyridine rings is 1. The number of carbonyl (C=O) groups excluding carboxylic acids is 1. The summed E-state index contributed by atoms with van der Waals surface area (Å²) >= 11 is 0. The molecule has 1 saturated carbocycles. The molecule has 0 saturated heterocycles. The maximum absolute atomic E-state index is 10.8. The van der Waals surface area contributed by atoms with Crippen LogP contribution in [0.1, 0.15) is 23.5 Å². The summed E-state index contributed by atoms with van der Waals surface area (Å²) in [7, 11) is 1.80. The van der Waals surface area contributed by atoms with E-state index in [9.17, 15) is 4.79 Å². The fraction of sp³-hybridized carbons (Fsp3) is 0.364. The Kier molecular flexibility index (Phi) is 1.92. The summed E-state index contributed by atoms with van der Waals surface area (Å²) in [5.41, 5.74) is 2.49. The van der Waals surface area contributed by atoms with Crippen LogP contribution >= 0.6 is 0 Å². The summed E-state index contributed by atoms with van der Waals surface area (Å²) in [5.74, 6) is 0.410. The van der Waals surface area contributed by atoms with Gasteiger partial charge in [0.05, 0.1) is 5.69 Å². The van der Waals surface area contributed by atoms with Gasteiger partial charge in [0.1, 0.15) is 5.52 Å². The van der Waals surface area contributed by atoms with Crippen molar-refractivity contribution in [1.82, 2.24) is 14.5 Å². The summed E-state index contributed by atoms with van der Waals surface area (Å²) in [6.07, 6.45) is 4.90. The summed E-state index contributed by atoms with van der Waals surface area (Å²) in [6.45, 7) is 0. The van der Waals surface area contributed by atoms with Crippen LogP contribution in [-0.2, 0) is 7.05 Å². The Hall–Kier alpha value is -1.91. The Morgan fingerprint density at radius 2 is 2.38 bits per heavy atom. The number of hydrogen-bond donors (Lipinski definition) is 1. The lowest BCUT2D eigenvalue weighted by Crippen LogP contribution is -2.01. The number of aromatic nitrogens is 3. The molecular weight excluding hydrogens is 204 g/mol. The van der Waals surface area contributed by atoms with Gasteiger partial charge < -0.3 is 9.88 Å². The maximum Gasteiger partial charge on any atom is 0.185 e. The van der Waals surface area contributed by atoms with Gasteiger partial charge in [-0.1, -0.05) is 0 Å². The molecule has 0 aromatic carbocycles. The molecule has 82 valence electrons. The van der Waals surface area contributed by atoms with Gasteiger partial charge in [-0.15, -0.1) is 0 Å². The van der Waals surface area contributed by atoms with E-state index in [1.54, 1.807) is 17.8 Å². The van der Waals surface area contributed by atoms with Gasteiger partial charge in [-0.2, -0.15) is 0 Å². The second-order valence-corrected chi connectivity index (χ2v) is 4.10. The van der Waals surface area contributed by atoms with E-state index in [0.29, 0.717) is 11.9 Å². The molecule has 2 aromatic rings. The van der Waals surface area contributed by atoms with E-state index >= 15 is 0 Å². The molecule has 16 heavy (non-hydrogen) atoms. The zero-order valence-corrected chi connectivity index (χ0v) is 8.97. The van der Waals surface area contributed by atoms with Crippen LogP contribution in [0.3, 0.4) is 0 Å². The molecule has 0 atom stereocenters.